The van der Waals surface area contributed by atoms with E-state index < -0.39 is 5.82 Å². The Morgan fingerprint density at radius 3 is 2.80 bits per heavy atom. The molecule has 0 aromatic carbocycles. The van der Waals surface area contributed by atoms with Gasteiger partial charge in [-0.1, -0.05) is 17.7 Å². The van der Waals surface area contributed by atoms with Crippen molar-refractivity contribution >= 4 is 17.4 Å². The zero-order valence-corrected chi connectivity index (χ0v) is 9.63. The van der Waals surface area contributed by atoms with E-state index in [9.17, 15) is 4.39 Å². The minimum atomic E-state index is -0.405. The molecule has 0 radical (unpaired) electrons. The summed E-state index contributed by atoms with van der Waals surface area (Å²) in [5, 5.41) is 0.304. The van der Waals surface area contributed by atoms with E-state index in [1.54, 1.807) is 6.08 Å². The Labute approximate surface area is 94.4 Å². The van der Waals surface area contributed by atoms with Gasteiger partial charge in [0, 0.05) is 18.8 Å². The summed E-state index contributed by atoms with van der Waals surface area (Å²) in [6.07, 6.45) is 3.16. The third-order valence-corrected chi connectivity index (χ3v) is 2.22. The number of halogens is 2. The largest absolute Gasteiger partial charge is 0.348 e. The molecular weight excluding hydrogens is 215 g/mol. The fourth-order valence-corrected chi connectivity index (χ4v) is 1.44. The average Bonchev–Trinajstić information content (AvgIpc) is 2.15. The summed E-state index contributed by atoms with van der Waals surface area (Å²) in [4.78, 5) is 5.81. The molecule has 1 heterocycles. The van der Waals surface area contributed by atoms with Crippen LogP contribution in [0.4, 0.5) is 10.2 Å². The molecule has 0 fully saturated rings. The van der Waals surface area contributed by atoms with Crippen molar-refractivity contribution < 1.29 is 4.39 Å². The molecule has 15 heavy (non-hydrogen) atoms. The number of nitrogens with zero attached hydrogens (tertiary/aromatic N) is 2. The highest BCUT2D eigenvalue weighted by atomic mass is 35.5. The number of aromatic nitrogens is 1. The molecule has 0 bridgehead atoms. The van der Waals surface area contributed by atoms with Crippen molar-refractivity contribution in [3.05, 3.63) is 35.8 Å². The van der Waals surface area contributed by atoms with Gasteiger partial charge in [0.05, 0.1) is 5.02 Å². The van der Waals surface area contributed by atoms with Gasteiger partial charge in [0.25, 0.3) is 0 Å². The Balaban J connectivity index is 3.05. The number of pyridine rings is 1. The van der Waals surface area contributed by atoms with Gasteiger partial charge in [-0.15, -0.1) is 6.58 Å². The van der Waals surface area contributed by atoms with Crippen molar-refractivity contribution in [2.45, 2.75) is 19.9 Å². The summed E-state index contributed by atoms with van der Waals surface area (Å²) < 4.78 is 13.6. The Morgan fingerprint density at radius 2 is 2.33 bits per heavy atom. The molecule has 0 saturated heterocycles. The van der Waals surface area contributed by atoms with Gasteiger partial charge in [-0.3, -0.25) is 0 Å². The summed E-state index contributed by atoms with van der Waals surface area (Å²) in [5.41, 5.74) is 0. The quantitative estimate of drug-likeness (QED) is 0.736. The maximum absolute atomic E-state index is 13.6. The molecule has 0 unspecified atom stereocenters. The van der Waals surface area contributed by atoms with Gasteiger partial charge in [-0.2, -0.15) is 0 Å². The second-order valence-corrected chi connectivity index (χ2v) is 3.93. The van der Waals surface area contributed by atoms with Crippen LogP contribution in [0, 0.1) is 5.82 Å². The maximum Gasteiger partial charge on any atom is 0.167 e. The van der Waals surface area contributed by atoms with E-state index >= 15 is 0 Å². The van der Waals surface area contributed by atoms with E-state index in [2.05, 4.69) is 11.6 Å². The number of anilines is 1. The summed E-state index contributed by atoms with van der Waals surface area (Å²) in [6.45, 7) is 8.14. The third kappa shape index (κ3) is 2.93. The molecule has 0 aliphatic carbocycles. The molecule has 4 heteroatoms. The number of hydrogen-bond donors (Lipinski definition) is 0. The van der Waals surface area contributed by atoms with Crippen LogP contribution in [0.25, 0.3) is 0 Å². The molecule has 1 aromatic rings. The standard InChI is InChI=1S/C11H14ClFN2/c1-4-5-15(8(2)3)11-10(13)6-9(12)7-14-11/h4,6-8H,1,5H2,2-3H3. The lowest BCUT2D eigenvalue weighted by atomic mass is 10.3. The van der Waals surface area contributed by atoms with Crippen LogP contribution in [0.15, 0.2) is 24.9 Å². The van der Waals surface area contributed by atoms with Crippen molar-refractivity contribution in [2.75, 3.05) is 11.4 Å². The van der Waals surface area contributed by atoms with Crippen LogP contribution >= 0.6 is 11.6 Å². The predicted molar refractivity (Wildman–Crippen MR) is 61.9 cm³/mol. The highest BCUT2D eigenvalue weighted by molar-refractivity contribution is 6.30. The lowest BCUT2D eigenvalue weighted by molar-refractivity contribution is 0.599. The van der Waals surface area contributed by atoms with E-state index in [0.29, 0.717) is 17.4 Å². The highest BCUT2D eigenvalue weighted by Crippen LogP contribution is 2.21. The smallest absolute Gasteiger partial charge is 0.167 e. The molecule has 1 rings (SSSR count). The van der Waals surface area contributed by atoms with E-state index in [1.165, 1.54) is 12.3 Å². The van der Waals surface area contributed by atoms with Gasteiger partial charge in [0.15, 0.2) is 11.6 Å². The zero-order chi connectivity index (χ0) is 11.4. The first-order valence-corrected chi connectivity index (χ1v) is 5.12. The topological polar surface area (TPSA) is 16.1 Å². The molecule has 0 saturated carbocycles. The van der Waals surface area contributed by atoms with Crippen LogP contribution < -0.4 is 4.90 Å². The third-order valence-electron chi connectivity index (χ3n) is 2.01. The fourth-order valence-electron chi connectivity index (χ4n) is 1.30. The zero-order valence-electron chi connectivity index (χ0n) is 8.87. The van der Waals surface area contributed by atoms with Gasteiger partial charge in [-0.05, 0) is 19.9 Å². The first kappa shape index (κ1) is 12.0. The highest BCUT2D eigenvalue weighted by Gasteiger charge is 2.15. The molecule has 0 aliphatic heterocycles. The summed E-state index contributed by atoms with van der Waals surface area (Å²) >= 11 is 5.64. The van der Waals surface area contributed by atoms with Gasteiger partial charge >= 0.3 is 0 Å². The lowest BCUT2D eigenvalue weighted by Crippen LogP contribution is -2.32. The average molecular weight is 229 g/mol. The monoisotopic (exact) mass is 228 g/mol. The lowest BCUT2D eigenvalue weighted by Gasteiger charge is -2.26. The summed E-state index contributed by atoms with van der Waals surface area (Å²) in [5.74, 6) is -0.0904. The van der Waals surface area contributed by atoms with Crippen LogP contribution in [0.1, 0.15) is 13.8 Å². The Morgan fingerprint density at radius 1 is 1.67 bits per heavy atom. The van der Waals surface area contributed by atoms with Gasteiger partial charge in [-0.25, -0.2) is 9.37 Å². The van der Waals surface area contributed by atoms with Crippen LogP contribution in [0.2, 0.25) is 5.02 Å². The van der Waals surface area contributed by atoms with E-state index in [1.807, 2.05) is 18.7 Å². The number of hydrogen-bond acceptors (Lipinski definition) is 2. The first-order valence-electron chi connectivity index (χ1n) is 4.75. The van der Waals surface area contributed by atoms with Crippen molar-refractivity contribution in [3.63, 3.8) is 0 Å². The second kappa shape index (κ2) is 5.12. The normalized spacial score (nSPS) is 10.5. The Hall–Kier alpha value is -1.09. The van der Waals surface area contributed by atoms with Gasteiger partial charge in [0.1, 0.15) is 0 Å². The van der Waals surface area contributed by atoms with Gasteiger partial charge in [0.2, 0.25) is 0 Å². The van der Waals surface area contributed by atoms with Crippen molar-refractivity contribution in [2.24, 2.45) is 0 Å². The van der Waals surface area contributed by atoms with Crippen LogP contribution in [-0.4, -0.2) is 17.6 Å². The molecular formula is C11H14ClFN2. The maximum atomic E-state index is 13.6. The van der Waals surface area contributed by atoms with Gasteiger partial charge < -0.3 is 4.90 Å². The van der Waals surface area contributed by atoms with Crippen LogP contribution in [-0.2, 0) is 0 Å². The molecule has 0 spiro atoms. The molecule has 1 aromatic heterocycles. The summed E-state index contributed by atoms with van der Waals surface area (Å²) in [6, 6.07) is 1.42. The van der Waals surface area contributed by atoms with Crippen molar-refractivity contribution in [1.82, 2.24) is 4.98 Å². The molecule has 0 aliphatic rings. The minimum absolute atomic E-state index is 0.158. The second-order valence-electron chi connectivity index (χ2n) is 3.49. The molecule has 2 nitrogen and oxygen atoms in total. The molecule has 82 valence electrons. The number of rotatable bonds is 4. The Bertz CT molecular complexity index is 352. The van der Waals surface area contributed by atoms with Crippen molar-refractivity contribution in [3.8, 4) is 0 Å². The minimum Gasteiger partial charge on any atom is -0.348 e. The summed E-state index contributed by atoms with van der Waals surface area (Å²) in [7, 11) is 0. The molecule has 0 amide bonds. The van der Waals surface area contributed by atoms with Crippen LogP contribution in [0.3, 0.4) is 0 Å². The first-order chi connectivity index (χ1) is 7.06. The van der Waals surface area contributed by atoms with E-state index in [0.717, 1.165) is 0 Å². The molecule has 0 atom stereocenters. The van der Waals surface area contributed by atoms with E-state index in [4.69, 9.17) is 11.6 Å². The predicted octanol–water partition coefficient (Wildman–Crippen LogP) is 3.27. The Kier molecular flexibility index (Phi) is 4.09. The fraction of sp³-hybridized carbons (Fsp3) is 0.364. The molecule has 0 N–H and O–H groups in total. The van der Waals surface area contributed by atoms with Crippen molar-refractivity contribution in [1.29, 1.82) is 0 Å². The van der Waals surface area contributed by atoms with E-state index in [-0.39, 0.29) is 6.04 Å². The van der Waals surface area contributed by atoms with Crippen LogP contribution in [0.5, 0.6) is 0 Å². The SMILES string of the molecule is C=CCN(c1ncc(Cl)cc1F)C(C)C.